The Hall–Kier alpha value is -2.09. The van der Waals surface area contributed by atoms with Crippen LogP contribution in [0.5, 0.6) is 0 Å². The molecule has 144 valence electrons. The van der Waals surface area contributed by atoms with Crippen molar-refractivity contribution in [3.8, 4) is 0 Å². The van der Waals surface area contributed by atoms with Crippen LogP contribution in [0, 0.1) is 20.8 Å². The van der Waals surface area contributed by atoms with Gasteiger partial charge in [-0.25, -0.2) is 4.98 Å². The molecule has 0 unspecified atom stereocenters. The molecular formula is C21H28IN5. The zero-order chi connectivity index (χ0) is 18.5. The number of hydrogen-bond acceptors (Lipinski definition) is 2. The molecule has 0 spiro atoms. The number of aryl methyl sites for hydroxylation is 3. The van der Waals surface area contributed by atoms with Crippen LogP contribution in [0.3, 0.4) is 0 Å². The Morgan fingerprint density at radius 1 is 1.11 bits per heavy atom. The van der Waals surface area contributed by atoms with Crippen LogP contribution < -0.4 is 10.6 Å². The molecular weight excluding hydrogens is 449 g/mol. The number of pyridine rings is 1. The number of nitrogens with zero attached hydrogens (tertiary/aromatic N) is 3. The van der Waals surface area contributed by atoms with E-state index in [-0.39, 0.29) is 24.0 Å². The number of nitrogens with one attached hydrogen (secondary N) is 2. The highest BCUT2D eigenvalue weighted by molar-refractivity contribution is 14.0. The number of guanidine groups is 1. The van der Waals surface area contributed by atoms with Gasteiger partial charge in [-0.15, -0.1) is 24.0 Å². The molecule has 0 fully saturated rings. The van der Waals surface area contributed by atoms with Crippen LogP contribution in [-0.4, -0.2) is 28.9 Å². The van der Waals surface area contributed by atoms with E-state index in [4.69, 9.17) is 4.98 Å². The number of fused-ring (bicyclic) bond motifs is 1. The van der Waals surface area contributed by atoms with Crippen molar-refractivity contribution in [1.82, 2.24) is 20.0 Å². The average Bonchev–Trinajstić information content (AvgIpc) is 3.03. The third-order valence-corrected chi connectivity index (χ3v) is 4.57. The normalized spacial score (nSPS) is 11.3. The molecule has 3 rings (SSSR count). The first kappa shape index (κ1) is 21.2. The predicted octanol–water partition coefficient (Wildman–Crippen LogP) is 3.79. The molecule has 0 aliphatic carbocycles. The van der Waals surface area contributed by atoms with Crippen molar-refractivity contribution in [3.05, 3.63) is 70.7 Å². The van der Waals surface area contributed by atoms with E-state index < -0.39 is 0 Å². The molecule has 0 bridgehead atoms. The number of hydrogen-bond donors (Lipinski definition) is 2. The van der Waals surface area contributed by atoms with Crippen molar-refractivity contribution in [1.29, 1.82) is 0 Å². The summed E-state index contributed by atoms with van der Waals surface area (Å²) in [6, 6.07) is 10.7. The maximum absolute atomic E-state index is 4.71. The van der Waals surface area contributed by atoms with Crippen molar-refractivity contribution < 1.29 is 0 Å². The number of benzene rings is 1. The van der Waals surface area contributed by atoms with Crippen molar-refractivity contribution in [2.24, 2.45) is 4.99 Å². The smallest absolute Gasteiger partial charge is 0.191 e. The van der Waals surface area contributed by atoms with Gasteiger partial charge in [0.2, 0.25) is 0 Å². The number of imidazole rings is 1. The SMILES string of the molecule is CN=C(NCCc1cn2cccc(C)c2n1)NCc1ccc(C)cc1C.I. The quantitative estimate of drug-likeness (QED) is 0.334. The van der Waals surface area contributed by atoms with Gasteiger partial charge in [0.15, 0.2) is 5.96 Å². The number of rotatable bonds is 5. The maximum Gasteiger partial charge on any atom is 0.191 e. The summed E-state index contributed by atoms with van der Waals surface area (Å²) in [7, 11) is 1.80. The van der Waals surface area contributed by atoms with Gasteiger partial charge < -0.3 is 15.0 Å². The minimum Gasteiger partial charge on any atom is -0.356 e. The molecule has 0 aliphatic heterocycles. The molecule has 0 amide bonds. The minimum atomic E-state index is 0. The number of halogens is 1. The molecule has 0 saturated heterocycles. The van der Waals surface area contributed by atoms with Crippen LogP contribution in [0.1, 0.15) is 27.9 Å². The second kappa shape index (κ2) is 9.73. The Bertz CT molecular complexity index is 929. The van der Waals surface area contributed by atoms with E-state index in [1.807, 2.05) is 12.3 Å². The fraction of sp³-hybridized carbons (Fsp3) is 0.333. The Morgan fingerprint density at radius 3 is 2.63 bits per heavy atom. The fourth-order valence-electron chi connectivity index (χ4n) is 3.08. The van der Waals surface area contributed by atoms with Gasteiger partial charge >= 0.3 is 0 Å². The van der Waals surface area contributed by atoms with Gasteiger partial charge in [-0.05, 0) is 43.5 Å². The van der Waals surface area contributed by atoms with Crippen LogP contribution in [-0.2, 0) is 13.0 Å². The summed E-state index contributed by atoms with van der Waals surface area (Å²) in [5.41, 5.74) is 7.17. The van der Waals surface area contributed by atoms with Crippen molar-refractivity contribution >= 4 is 35.6 Å². The first-order valence-corrected chi connectivity index (χ1v) is 9.00. The lowest BCUT2D eigenvalue weighted by Crippen LogP contribution is -2.38. The summed E-state index contributed by atoms with van der Waals surface area (Å²) in [5.74, 6) is 0.810. The molecule has 0 atom stereocenters. The molecule has 2 aromatic heterocycles. The molecule has 1 aromatic carbocycles. The summed E-state index contributed by atoms with van der Waals surface area (Å²) in [4.78, 5) is 9.02. The zero-order valence-electron chi connectivity index (χ0n) is 16.4. The van der Waals surface area contributed by atoms with E-state index in [2.05, 4.69) is 71.3 Å². The van der Waals surface area contributed by atoms with Crippen LogP contribution in [0.4, 0.5) is 0 Å². The molecule has 2 heterocycles. The van der Waals surface area contributed by atoms with Crippen molar-refractivity contribution in [3.63, 3.8) is 0 Å². The Morgan fingerprint density at radius 2 is 1.93 bits per heavy atom. The molecule has 3 aromatic rings. The van der Waals surface area contributed by atoms with Crippen LogP contribution >= 0.6 is 24.0 Å². The molecule has 0 radical (unpaired) electrons. The van der Waals surface area contributed by atoms with Gasteiger partial charge in [0.05, 0.1) is 5.69 Å². The third kappa shape index (κ3) is 5.45. The van der Waals surface area contributed by atoms with Crippen LogP contribution in [0.2, 0.25) is 0 Å². The van der Waals surface area contributed by atoms with E-state index in [0.717, 1.165) is 36.8 Å². The zero-order valence-corrected chi connectivity index (χ0v) is 18.7. The second-order valence-corrected chi connectivity index (χ2v) is 6.69. The Balaban J connectivity index is 0.00000261. The van der Waals surface area contributed by atoms with Gasteiger partial charge in [-0.2, -0.15) is 0 Å². The topological polar surface area (TPSA) is 53.7 Å². The monoisotopic (exact) mass is 477 g/mol. The van der Waals surface area contributed by atoms with E-state index in [9.17, 15) is 0 Å². The minimum absolute atomic E-state index is 0. The second-order valence-electron chi connectivity index (χ2n) is 6.69. The highest BCUT2D eigenvalue weighted by Crippen LogP contribution is 2.11. The number of aromatic nitrogens is 2. The van der Waals surface area contributed by atoms with Crippen molar-refractivity contribution in [2.45, 2.75) is 33.7 Å². The molecule has 2 N–H and O–H groups in total. The van der Waals surface area contributed by atoms with Gasteiger partial charge in [0.1, 0.15) is 5.65 Å². The molecule has 0 saturated carbocycles. The molecule has 6 heteroatoms. The van der Waals surface area contributed by atoms with E-state index in [0.29, 0.717) is 0 Å². The number of aliphatic imine (C=N–C) groups is 1. The van der Waals surface area contributed by atoms with Gasteiger partial charge in [-0.1, -0.05) is 29.8 Å². The van der Waals surface area contributed by atoms with E-state index in [1.165, 1.54) is 22.3 Å². The first-order valence-electron chi connectivity index (χ1n) is 9.00. The van der Waals surface area contributed by atoms with Crippen LogP contribution in [0.25, 0.3) is 5.65 Å². The summed E-state index contributed by atoms with van der Waals surface area (Å²) in [6.07, 6.45) is 4.98. The Labute approximate surface area is 178 Å². The standard InChI is InChI=1S/C21H27N5.HI/c1-15-7-8-18(17(3)12-15)13-24-21(22-4)23-10-9-19-14-26-11-5-6-16(2)20(26)25-19;/h5-8,11-12,14H,9-10,13H2,1-4H3,(H2,22,23,24);1H. The third-order valence-electron chi connectivity index (χ3n) is 4.57. The van der Waals surface area contributed by atoms with Crippen molar-refractivity contribution in [2.75, 3.05) is 13.6 Å². The first-order chi connectivity index (χ1) is 12.6. The van der Waals surface area contributed by atoms with Gasteiger partial charge in [0.25, 0.3) is 0 Å². The molecule has 27 heavy (non-hydrogen) atoms. The lowest BCUT2D eigenvalue weighted by molar-refractivity contribution is 0.785. The molecule has 0 aliphatic rings. The van der Waals surface area contributed by atoms with E-state index >= 15 is 0 Å². The lowest BCUT2D eigenvalue weighted by atomic mass is 10.1. The fourth-order valence-corrected chi connectivity index (χ4v) is 3.08. The highest BCUT2D eigenvalue weighted by atomic mass is 127. The summed E-state index contributed by atoms with van der Waals surface area (Å²) < 4.78 is 2.08. The lowest BCUT2D eigenvalue weighted by Gasteiger charge is -2.13. The van der Waals surface area contributed by atoms with Gasteiger partial charge in [0, 0.05) is 39.0 Å². The van der Waals surface area contributed by atoms with Gasteiger partial charge in [-0.3, -0.25) is 4.99 Å². The summed E-state index contributed by atoms with van der Waals surface area (Å²) in [5, 5.41) is 6.75. The average molecular weight is 477 g/mol. The van der Waals surface area contributed by atoms with E-state index in [1.54, 1.807) is 7.05 Å². The predicted molar refractivity (Wildman–Crippen MR) is 123 cm³/mol. The highest BCUT2D eigenvalue weighted by Gasteiger charge is 2.05. The summed E-state index contributed by atoms with van der Waals surface area (Å²) >= 11 is 0. The largest absolute Gasteiger partial charge is 0.356 e. The summed E-state index contributed by atoms with van der Waals surface area (Å²) in [6.45, 7) is 7.90. The molecule has 5 nitrogen and oxygen atoms in total. The Kier molecular flexibility index (Phi) is 7.65. The maximum atomic E-state index is 4.71. The van der Waals surface area contributed by atoms with Crippen LogP contribution in [0.15, 0.2) is 47.7 Å².